The number of methoxy groups -OCH3 is 1. The van der Waals surface area contributed by atoms with Crippen molar-refractivity contribution in [1.29, 1.82) is 0 Å². The van der Waals surface area contributed by atoms with Crippen molar-refractivity contribution in [2.45, 2.75) is 38.8 Å². The molecule has 3 unspecified atom stereocenters. The third-order valence-electron chi connectivity index (χ3n) is 6.09. The molecule has 1 aromatic carbocycles. The first-order valence-corrected chi connectivity index (χ1v) is 10.4. The van der Waals surface area contributed by atoms with Crippen LogP contribution in [0.4, 0.5) is 0 Å². The van der Waals surface area contributed by atoms with E-state index in [-0.39, 0.29) is 11.9 Å². The number of likely N-dealkylation sites (tertiary alicyclic amines) is 2. The maximum absolute atomic E-state index is 11.6. The number of carbonyl (C=O) groups is 1. The number of hydrogen-bond donors (Lipinski definition) is 1. The molecule has 0 radical (unpaired) electrons. The van der Waals surface area contributed by atoms with Crippen molar-refractivity contribution in [2.24, 2.45) is 16.8 Å². The lowest BCUT2D eigenvalue weighted by Gasteiger charge is -2.48. The summed E-state index contributed by atoms with van der Waals surface area (Å²) in [7, 11) is 3.25. The van der Waals surface area contributed by atoms with Crippen LogP contribution < -0.4 is 5.32 Å². The molecule has 0 spiro atoms. The van der Waals surface area contributed by atoms with Crippen LogP contribution in [0, 0.1) is 11.8 Å². The summed E-state index contributed by atoms with van der Waals surface area (Å²) in [5.74, 6) is 1.19. The smallest absolute Gasteiger partial charge is 0.310 e. The first kappa shape index (κ1) is 20.6. The highest BCUT2D eigenvalue weighted by Crippen LogP contribution is 2.31. The molecule has 1 aromatic rings. The number of nitrogens with zero attached hydrogens (tertiary/aromatic N) is 3. The lowest BCUT2D eigenvalue weighted by Crippen LogP contribution is -2.57. The van der Waals surface area contributed by atoms with Gasteiger partial charge >= 0.3 is 5.97 Å². The lowest BCUT2D eigenvalue weighted by atomic mass is 9.83. The molecule has 0 saturated carbocycles. The lowest BCUT2D eigenvalue weighted by molar-refractivity contribution is -0.144. The molecule has 2 fully saturated rings. The molecule has 1 N–H and O–H groups in total. The summed E-state index contributed by atoms with van der Waals surface area (Å²) in [6.45, 7) is 6.69. The standard InChI is InChI=1S/C22H34N4O2/c1-17(21(27)28-3)14-24-22(23-2)26-13-11-20-19(16-26)10-7-12-25(20)15-18-8-5-4-6-9-18/h4-6,8-9,17,19-20H,7,10-16H2,1-3H3,(H,23,24). The van der Waals surface area contributed by atoms with Gasteiger partial charge in [-0.05, 0) is 37.3 Å². The summed E-state index contributed by atoms with van der Waals surface area (Å²) < 4.78 is 4.82. The zero-order chi connectivity index (χ0) is 19.9. The maximum Gasteiger partial charge on any atom is 0.310 e. The Labute approximate surface area is 168 Å². The van der Waals surface area contributed by atoms with Crippen LogP contribution >= 0.6 is 0 Å². The Hall–Kier alpha value is -2.08. The molecule has 0 amide bonds. The second kappa shape index (κ2) is 9.92. The van der Waals surface area contributed by atoms with Crippen molar-refractivity contribution in [3.8, 4) is 0 Å². The van der Waals surface area contributed by atoms with Crippen LogP contribution in [-0.2, 0) is 16.1 Å². The SMILES string of the molecule is CN=C(NCC(C)C(=O)OC)N1CCC2C(CCCN2Cc2ccccc2)C1. The fourth-order valence-electron chi connectivity index (χ4n) is 4.57. The van der Waals surface area contributed by atoms with Crippen LogP contribution in [0.1, 0.15) is 31.7 Å². The van der Waals surface area contributed by atoms with Crippen LogP contribution in [0.5, 0.6) is 0 Å². The van der Waals surface area contributed by atoms with Crippen LogP contribution in [-0.4, -0.2) is 68.1 Å². The summed E-state index contributed by atoms with van der Waals surface area (Å²) in [4.78, 5) is 21.1. The number of guanidine groups is 1. The Kier molecular flexibility index (Phi) is 7.31. The summed E-state index contributed by atoms with van der Waals surface area (Å²) in [5, 5.41) is 3.36. The molecule has 2 heterocycles. The van der Waals surface area contributed by atoms with Crippen LogP contribution in [0.15, 0.2) is 35.3 Å². The van der Waals surface area contributed by atoms with Gasteiger partial charge < -0.3 is 15.0 Å². The molecular formula is C22H34N4O2. The van der Waals surface area contributed by atoms with E-state index in [0.29, 0.717) is 18.5 Å². The quantitative estimate of drug-likeness (QED) is 0.478. The molecule has 0 aromatic heterocycles. The molecule has 2 aliphatic heterocycles. The van der Waals surface area contributed by atoms with Gasteiger partial charge in [-0.3, -0.25) is 14.7 Å². The van der Waals surface area contributed by atoms with Gasteiger partial charge in [0, 0.05) is 39.3 Å². The number of benzene rings is 1. The second-order valence-electron chi connectivity index (χ2n) is 8.01. The number of carbonyl (C=O) groups excluding carboxylic acids is 1. The highest BCUT2D eigenvalue weighted by molar-refractivity contribution is 5.81. The predicted octanol–water partition coefficient (Wildman–Crippen LogP) is 2.36. The number of ether oxygens (including phenoxy) is 1. The number of nitrogens with one attached hydrogen (secondary N) is 1. The van der Waals surface area contributed by atoms with E-state index in [4.69, 9.17) is 4.74 Å². The van der Waals surface area contributed by atoms with E-state index in [9.17, 15) is 4.79 Å². The van der Waals surface area contributed by atoms with E-state index < -0.39 is 0 Å². The number of aliphatic imine (C=N–C) groups is 1. The summed E-state index contributed by atoms with van der Waals surface area (Å²) in [6, 6.07) is 11.5. The molecule has 3 rings (SSSR count). The van der Waals surface area contributed by atoms with Gasteiger partial charge in [0.15, 0.2) is 5.96 Å². The minimum atomic E-state index is -0.189. The summed E-state index contributed by atoms with van der Waals surface area (Å²) >= 11 is 0. The first-order valence-electron chi connectivity index (χ1n) is 10.4. The van der Waals surface area contributed by atoms with E-state index in [0.717, 1.165) is 32.0 Å². The maximum atomic E-state index is 11.6. The van der Waals surface area contributed by atoms with Gasteiger partial charge in [0.1, 0.15) is 0 Å². The first-order chi connectivity index (χ1) is 13.6. The van der Waals surface area contributed by atoms with Crippen LogP contribution in [0.2, 0.25) is 0 Å². The molecule has 6 heteroatoms. The van der Waals surface area contributed by atoms with Crippen LogP contribution in [0.25, 0.3) is 0 Å². The third kappa shape index (κ3) is 5.04. The van der Waals surface area contributed by atoms with Gasteiger partial charge in [-0.25, -0.2) is 0 Å². The van der Waals surface area contributed by atoms with Gasteiger partial charge in [-0.2, -0.15) is 0 Å². The average molecular weight is 387 g/mol. The normalized spacial score (nSPS) is 24.4. The van der Waals surface area contributed by atoms with Crippen molar-refractivity contribution in [3.63, 3.8) is 0 Å². The number of hydrogen-bond acceptors (Lipinski definition) is 4. The van der Waals surface area contributed by atoms with Crippen molar-refractivity contribution in [1.82, 2.24) is 15.1 Å². The van der Waals surface area contributed by atoms with Gasteiger partial charge in [0.2, 0.25) is 0 Å². The van der Waals surface area contributed by atoms with E-state index in [1.165, 1.54) is 32.1 Å². The van der Waals surface area contributed by atoms with Gasteiger partial charge in [0.05, 0.1) is 13.0 Å². The van der Waals surface area contributed by atoms with Crippen molar-refractivity contribution < 1.29 is 9.53 Å². The Morgan fingerprint density at radius 3 is 2.79 bits per heavy atom. The Balaban J connectivity index is 1.56. The monoisotopic (exact) mass is 386 g/mol. The molecule has 2 aliphatic rings. The zero-order valence-corrected chi connectivity index (χ0v) is 17.4. The number of rotatable bonds is 5. The molecule has 2 saturated heterocycles. The van der Waals surface area contributed by atoms with Gasteiger partial charge in [-0.15, -0.1) is 0 Å². The average Bonchev–Trinajstić information content (AvgIpc) is 2.74. The van der Waals surface area contributed by atoms with Gasteiger partial charge in [0.25, 0.3) is 0 Å². The molecule has 154 valence electrons. The largest absolute Gasteiger partial charge is 0.469 e. The Bertz CT molecular complexity index is 664. The van der Waals surface area contributed by atoms with Crippen molar-refractivity contribution in [3.05, 3.63) is 35.9 Å². The topological polar surface area (TPSA) is 57.2 Å². The Morgan fingerprint density at radius 1 is 1.29 bits per heavy atom. The molecule has 0 bridgehead atoms. The minimum Gasteiger partial charge on any atom is -0.469 e. The Morgan fingerprint density at radius 2 is 2.07 bits per heavy atom. The van der Waals surface area contributed by atoms with E-state index in [2.05, 4.69) is 50.4 Å². The highest BCUT2D eigenvalue weighted by atomic mass is 16.5. The van der Waals surface area contributed by atoms with Gasteiger partial charge in [-0.1, -0.05) is 37.3 Å². The molecule has 28 heavy (non-hydrogen) atoms. The van der Waals surface area contributed by atoms with Crippen molar-refractivity contribution in [2.75, 3.05) is 40.3 Å². The van der Waals surface area contributed by atoms with E-state index in [1.807, 2.05) is 14.0 Å². The third-order valence-corrected chi connectivity index (χ3v) is 6.09. The van der Waals surface area contributed by atoms with E-state index in [1.54, 1.807) is 0 Å². The summed E-state index contributed by atoms with van der Waals surface area (Å²) in [6.07, 6.45) is 3.69. The minimum absolute atomic E-state index is 0.185. The van der Waals surface area contributed by atoms with Crippen molar-refractivity contribution >= 4 is 11.9 Å². The number of esters is 1. The molecule has 3 atom stereocenters. The highest BCUT2D eigenvalue weighted by Gasteiger charge is 2.36. The zero-order valence-electron chi connectivity index (χ0n) is 17.4. The van der Waals surface area contributed by atoms with E-state index >= 15 is 0 Å². The molecular weight excluding hydrogens is 352 g/mol. The molecule has 0 aliphatic carbocycles. The summed E-state index contributed by atoms with van der Waals surface area (Å²) in [5.41, 5.74) is 1.40. The number of piperidine rings is 2. The second-order valence-corrected chi connectivity index (χ2v) is 8.01. The van der Waals surface area contributed by atoms with Crippen LogP contribution in [0.3, 0.4) is 0 Å². The fourth-order valence-corrected chi connectivity index (χ4v) is 4.57. The molecule has 6 nitrogen and oxygen atoms in total. The number of fused-ring (bicyclic) bond motifs is 1. The fraction of sp³-hybridized carbons (Fsp3) is 0.636. The predicted molar refractivity (Wildman–Crippen MR) is 112 cm³/mol.